The van der Waals surface area contributed by atoms with Gasteiger partial charge < -0.3 is 4.98 Å². The Balaban J connectivity index is 1.89. The lowest BCUT2D eigenvalue weighted by Crippen LogP contribution is -2.02. The molecule has 0 fully saturated rings. The molecule has 6 heteroatoms. The van der Waals surface area contributed by atoms with Crippen LogP contribution in [0.3, 0.4) is 0 Å². The van der Waals surface area contributed by atoms with Gasteiger partial charge in [-0.2, -0.15) is 0 Å². The Morgan fingerprint density at radius 2 is 1.21 bits per heavy atom. The highest BCUT2D eigenvalue weighted by Gasteiger charge is 2.20. The number of pyridine rings is 1. The zero-order valence-corrected chi connectivity index (χ0v) is 18.8. The number of thiophene rings is 4. The van der Waals surface area contributed by atoms with E-state index in [1.54, 1.807) is 22.7 Å². The summed E-state index contributed by atoms with van der Waals surface area (Å²) >= 11 is 6.97. The maximum atomic E-state index is 13.0. The van der Waals surface area contributed by atoms with Gasteiger partial charge in [0.15, 0.2) is 0 Å². The number of hydrogen-bond acceptors (Lipinski definition) is 5. The number of hydrogen-bond donors (Lipinski definition) is 1. The molecule has 0 bridgehead atoms. The number of aromatic nitrogens is 1. The highest BCUT2D eigenvalue weighted by atomic mass is 32.1. The quantitative estimate of drug-likeness (QED) is 0.250. The van der Waals surface area contributed by atoms with Crippen LogP contribution >= 0.6 is 45.3 Å². The molecule has 0 aliphatic heterocycles. The van der Waals surface area contributed by atoms with Gasteiger partial charge in [-0.15, -0.1) is 45.3 Å². The second-order valence-electron chi connectivity index (χ2n) is 7.48. The van der Waals surface area contributed by atoms with E-state index in [1.807, 2.05) is 22.7 Å². The molecule has 0 unspecified atom stereocenters. The third-order valence-electron chi connectivity index (χ3n) is 5.63. The predicted molar refractivity (Wildman–Crippen MR) is 133 cm³/mol. The molecule has 0 amide bonds. The second kappa shape index (κ2) is 5.46. The molecule has 0 spiro atoms. The van der Waals surface area contributed by atoms with Crippen LogP contribution in [-0.2, 0) is 0 Å². The summed E-state index contributed by atoms with van der Waals surface area (Å²) < 4.78 is 5.87. The zero-order valence-electron chi connectivity index (χ0n) is 15.5. The number of aryl methyl sites for hydroxylation is 2. The Labute approximate surface area is 180 Å². The van der Waals surface area contributed by atoms with Crippen molar-refractivity contribution in [2.75, 3.05) is 0 Å². The van der Waals surface area contributed by atoms with E-state index in [-0.39, 0.29) is 5.56 Å². The van der Waals surface area contributed by atoms with Crippen LogP contribution in [0, 0.1) is 13.8 Å². The average Bonchev–Trinajstić information content (AvgIpc) is 3.40. The summed E-state index contributed by atoms with van der Waals surface area (Å²) in [6.45, 7) is 4.32. The second-order valence-corrected chi connectivity index (χ2v) is 12.2. The van der Waals surface area contributed by atoms with Gasteiger partial charge in [0.2, 0.25) is 0 Å². The predicted octanol–water partition coefficient (Wildman–Crippen LogP) is 8.16. The maximum absolute atomic E-state index is 13.0. The fraction of sp³-hybridized carbons (Fsp3) is 0.0870. The maximum Gasteiger partial charge on any atom is 0.267 e. The molecule has 0 aliphatic carbocycles. The van der Waals surface area contributed by atoms with Crippen LogP contribution < -0.4 is 5.56 Å². The molecule has 7 rings (SSSR count). The molecule has 5 heterocycles. The van der Waals surface area contributed by atoms with E-state index in [0.29, 0.717) is 0 Å². The van der Waals surface area contributed by atoms with Gasteiger partial charge in [-0.3, -0.25) is 4.79 Å². The number of benzene rings is 2. The van der Waals surface area contributed by atoms with Crippen molar-refractivity contribution in [3.8, 4) is 0 Å². The standard InChI is InChI=1S/C23H13NOS4/c1-9-7-11-13(26-9)3-5-15-17(11)19-20-18-12-8-10(2)27-14(12)4-6-16(18)29-23(20)24-22(25)21(19)28-15/h3-8H,1-2H3,(H,24,25). The third kappa shape index (κ3) is 2.07. The van der Waals surface area contributed by atoms with Gasteiger partial charge in [0, 0.05) is 60.9 Å². The molecule has 0 saturated carbocycles. The van der Waals surface area contributed by atoms with Crippen LogP contribution in [0.4, 0.5) is 0 Å². The van der Waals surface area contributed by atoms with E-state index < -0.39 is 0 Å². The summed E-state index contributed by atoms with van der Waals surface area (Å²) in [4.78, 5) is 19.8. The molecule has 5 aromatic heterocycles. The SMILES string of the molecule is Cc1cc2c(ccc3sc4[nH]c(=O)c5sc6ccc7sc(C)cc7c6c5c4c32)s1. The van der Waals surface area contributed by atoms with Gasteiger partial charge >= 0.3 is 0 Å². The van der Waals surface area contributed by atoms with Gasteiger partial charge in [-0.1, -0.05) is 0 Å². The molecule has 2 aromatic carbocycles. The normalized spacial score (nSPS) is 12.6. The summed E-state index contributed by atoms with van der Waals surface area (Å²) in [5, 5.41) is 7.46. The number of fused-ring (bicyclic) bond motifs is 11. The van der Waals surface area contributed by atoms with Crippen LogP contribution in [0.25, 0.3) is 60.6 Å². The first-order valence-corrected chi connectivity index (χ1v) is 12.6. The van der Waals surface area contributed by atoms with Crippen LogP contribution in [0.15, 0.2) is 41.2 Å². The van der Waals surface area contributed by atoms with Crippen LogP contribution in [0.1, 0.15) is 9.75 Å². The van der Waals surface area contributed by atoms with E-state index in [1.165, 1.54) is 55.5 Å². The summed E-state index contributed by atoms with van der Waals surface area (Å²) in [5.41, 5.74) is 0.0260. The Morgan fingerprint density at radius 3 is 1.86 bits per heavy atom. The monoisotopic (exact) mass is 447 g/mol. The fourth-order valence-electron chi connectivity index (χ4n) is 4.56. The minimum atomic E-state index is 0.0260. The average molecular weight is 448 g/mol. The van der Waals surface area contributed by atoms with Crippen LogP contribution in [-0.4, -0.2) is 4.98 Å². The number of nitrogens with one attached hydrogen (secondary N) is 1. The zero-order chi connectivity index (χ0) is 19.4. The lowest BCUT2D eigenvalue weighted by Gasteiger charge is -2.00. The Kier molecular flexibility index (Phi) is 3.11. The van der Waals surface area contributed by atoms with E-state index in [9.17, 15) is 4.79 Å². The van der Waals surface area contributed by atoms with Crippen molar-refractivity contribution >= 4 is 106 Å². The van der Waals surface area contributed by atoms with Crippen LogP contribution in [0.2, 0.25) is 0 Å². The molecular formula is C23H13NOS4. The highest BCUT2D eigenvalue weighted by molar-refractivity contribution is 7.28. The lowest BCUT2D eigenvalue weighted by molar-refractivity contribution is 1.38. The van der Waals surface area contributed by atoms with Crippen molar-refractivity contribution < 1.29 is 0 Å². The minimum absolute atomic E-state index is 0.0260. The molecule has 7 aromatic rings. The van der Waals surface area contributed by atoms with Crippen molar-refractivity contribution in [1.29, 1.82) is 0 Å². The van der Waals surface area contributed by atoms with E-state index in [2.05, 4.69) is 55.2 Å². The smallest absolute Gasteiger partial charge is 0.267 e. The lowest BCUT2D eigenvalue weighted by atomic mass is 10.0. The van der Waals surface area contributed by atoms with E-state index in [4.69, 9.17) is 0 Å². The first-order valence-electron chi connectivity index (χ1n) is 9.31. The summed E-state index contributed by atoms with van der Waals surface area (Å²) in [7, 11) is 0. The van der Waals surface area contributed by atoms with Crippen molar-refractivity contribution in [1.82, 2.24) is 4.98 Å². The van der Waals surface area contributed by atoms with Gasteiger partial charge in [0.25, 0.3) is 5.56 Å². The number of rotatable bonds is 0. The molecule has 140 valence electrons. The third-order valence-corrected chi connectivity index (χ3v) is 9.89. The van der Waals surface area contributed by atoms with Crippen molar-refractivity contribution in [2.45, 2.75) is 13.8 Å². The fourth-order valence-corrected chi connectivity index (χ4v) is 8.66. The van der Waals surface area contributed by atoms with Crippen molar-refractivity contribution in [3.63, 3.8) is 0 Å². The Morgan fingerprint density at radius 1 is 0.655 bits per heavy atom. The van der Waals surface area contributed by atoms with Crippen molar-refractivity contribution in [3.05, 3.63) is 56.5 Å². The Bertz CT molecular complexity index is 1850. The van der Waals surface area contributed by atoms with Gasteiger partial charge in [-0.25, -0.2) is 0 Å². The molecule has 2 nitrogen and oxygen atoms in total. The molecular weight excluding hydrogens is 435 g/mol. The number of H-pyrrole nitrogens is 1. The first kappa shape index (κ1) is 16.5. The van der Waals surface area contributed by atoms with Gasteiger partial charge in [0.05, 0.1) is 0 Å². The van der Waals surface area contributed by atoms with Crippen LogP contribution in [0.5, 0.6) is 0 Å². The summed E-state index contributed by atoms with van der Waals surface area (Å²) in [6.07, 6.45) is 0. The summed E-state index contributed by atoms with van der Waals surface area (Å²) in [5.74, 6) is 0. The molecule has 0 saturated heterocycles. The minimum Gasteiger partial charge on any atom is -0.312 e. The van der Waals surface area contributed by atoms with Gasteiger partial charge in [-0.05, 0) is 50.2 Å². The first-order chi connectivity index (χ1) is 14.1. The Hall–Kier alpha value is -2.25. The molecule has 29 heavy (non-hydrogen) atoms. The largest absolute Gasteiger partial charge is 0.312 e. The number of aromatic amines is 1. The van der Waals surface area contributed by atoms with Gasteiger partial charge in [0.1, 0.15) is 9.53 Å². The summed E-state index contributed by atoms with van der Waals surface area (Å²) in [6, 6.07) is 13.4. The van der Waals surface area contributed by atoms with Crippen molar-refractivity contribution in [2.24, 2.45) is 0 Å². The van der Waals surface area contributed by atoms with E-state index in [0.717, 1.165) is 14.9 Å². The molecule has 0 atom stereocenters. The molecule has 0 radical (unpaired) electrons. The topological polar surface area (TPSA) is 32.9 Å². The molecule has 0 aliphatic rings. The highest BCUT2D eigenvalue weighted by Crippen LogP contribution is 2.47. The molecule has 1 N–H and O–H groups in total. The van der Waals surface area contributed by atoms with E-state index >= 15 is 0 Å².